The number of carboxylic acids is 1. The van der Waals surface area contributed by atoms with E-state index in [2.05, 4.69) is 5.10 Å². The van der Waals surface area contributed by atoms with E-state index in [9.17, 15) is 4.79 Å². The van der Waals surface area contributed by atoms with Crippen LogP contribution in [0.4, 0.5) is 0 Å². The van der Waals surface area contributed by atoms with E-state index < -0.39 is 5.97 Å². The number of hydrogen-bond acceptors (Lipinski definition) is 2. The van der Waals surface area contributed by atoms with Gasteiger partial charge in [-0.2, -0.15) is 5.10 Å². The highest BCUT2D eigenvalue weighted by Crippen LogP contribution is 2.26. The first-order valence-corrected chi connectivity index (χ1v) is 6.67. The van der Waals surface area contributed by atoms with Crippen molar-refractivity contribution >= 4 is 17.6 Å². The summed E-state index contributed by atoms with van der Waals surface area (Å²) in [5.74, 6) is -1.06. The highest BCUT2D eigenvalue weighted by Gasteiger charge is 2.15. The van der Waals surface area contributed by atoms with E-state index in [4.69, 9.17) is 16.7 Å². The third-order valence-corrected chi connectivity index (χ3v) is 3.28. The second-order valence-electron chi connectivity index (χ2n) is 4.48. The molecular formula is C16H11ClN2O2. The lowest BCUT2D eigenvalue weighted by molar-refractivity contribution is 0.0690. The summed E-state index contributed by atoms with van der Waals surface area (Å²) in [6.45, 7) is 0. The molecule has 1 heterocycles. The molecule has 0 radical (unpaired) electrons. The minimum absolute atomic E-state index is 0.00571. The van der Waals surface area contributed by atoms with Crippen LogP contribution in [0.25, 0.3) is 16.9 Å². The monoisotopic (exact) mass is 298 g/mol. The van der Waals surface area contributed by atoms with E-state index in [-0.39, 0.29) is 5.69 Å². The van der Waals surface area contributed by atoms with Gasteiger partial charge < -0.3 is 5.11 Å². The number of benzene rings is 2. The van der Waals surface area contributed by atoms with Crippen molar-refractivity contribution in [3.63, 3.8) is 0 Å². The van der Waals surface area contributed by atoms with Gasteiger partial charge in [-0.15, -0.1) is 0 Å². The average Bonchev–Trinajstić information content (AvgIpc) is 2.93. The number of hydrogen-bond donors (Lipinski definition) is 1. The van der Waals surface area contributed by atoms with Crippen molar-refractivity contribution in [1.29, 1.82) is 0 Å². The summed E-state index contributed by atoms with van der Waals surface area (Å²) >= 11 is 6.02. The number of rotatable bonds is 3. The second kappa shape index (κ2) is 5.42. The number of aromatic carboxylic acids is 1. The maximum Gasteiger partial charge on any atom is 0.356 e. The zero-order valence-corrected chi connectivity index (χ0v) is 11.7. The first-order valence-electron chi connectivity index (χ1n) is 6.30. The third kappa shape index (κ3) is 2.66. The summed E-state index contributed by atoms with van der Waals surface area (Å²) in [6.07, 6.45) is 0. The van der Waals surface area contributed by atoms with Crippen LogP contribution in [0.5, 0.6) is 0 Å². The lowest BCUT2D eigenvalue weighted by atomic mass is 10.1. The Kier molecular flexibility index (Phi) is 3.46. The molecule has 1 N–H and O–H groups in total. The van der Waals surface area contributed by atoms with Crippen molar-refractivity contribution in [3.8, 4) is 16.9 Å². The summed E-state index contributed by atoms with van der Waals surface area (Å²) in [5.41, 5.74) is 2.28. The SMILES string of the molecule is O=C(O)c1cc(-c2cccc(Cl)c2)n(-c2ccccc2)n1. The number of aromatic nitrogens is 2. The molecule has 0 amide bonds. The van der Waals surface area contributed by atoms with Gasteiger partial charge in [0, 0.05) is 10.6 Å². The second-order valence-corrected chi connectivity index (χ2v) is 4.91. The smallest absolute Gasteiger partial charge is 0.356 e. The van der Waals surface area contributed by atoms with Gasteiger partial charge in [-0.25, -0.2) is 9.48 Å². The average molecular weight is 299 g/mol. The van der Waals surface area contributed by atoms with Crippen molar-refractivity contribution in [2.45, 2.75) is 0 Å². The molecule has 4 nitrogen and oxygen atoms in total. The van der Waals surface area contributed by atoms with Crippen LogP contribution in [0.15, 0.2) is 60.7 Å². The fraction of sp³-hybridized carbons (Fsp3) is 0. The number of carbonyl (C=O) groups is 1. The van der Waals surface area contributed by atoms with Crippen LogP contribution in [-0.2, 0) is 0 Å². The Morgan fingerprint density at radius 2 is 1.81 bits per heavy atom. The fourth-order valence-corrected chi connectivity index (χ4v) is 2.30. The summed E-state index contributed by atoms with van der Waals surface area (Å²) in [5, 5.41) is 13.9. The van der Waals surface area contributed by atoms with Gasteiger partial charge in [0.15, 0.2) is 5.69 Å². The minimum Gasteiger partial charge on any atom is -0.476 e. The van der Waals surface area contributed by atoms with E-state index in [0.717, 1.165) is 11.3 Å². The van der Waals surface area contributed by atoms with Gasteiger partial charge in [-0.1, -0.05) is 41.9 Å². The summed E-state index contributed by atoms with van der Waals surface area (Å²) in [7, 11) is 0. The predicted octanol–water partition coefficient (Wildman–Crippen LogP) is 3.89. The molecule has 2 aromatic carbocycles. The third-order valence-electron chi connectivity index (χ3n) is 3.05. The van der Waals surface area contributed by atoms with Gasteiger partial charge in [0.2, 0.25) is 0 Å². The van der Waals surface area contributed by atoms with Crippen LogP contribution >= 0.6 is 11.6 Å². The fourth-order valence-electron chi connectivity index (χ4n) is 2.11. The van der Waals surface area contributed by atoms with Crippen LogP contribution in [-0.4, -0.2) is 20.9 Å². The van der Waals surface area contributed by atoms with Gasteiger partial charge in [0.1, 0.15) is 0 Å². The molecule has 0 saturated carbocycles. The molecule has 1 aromatic heterocycles. The van der Waals surface area contributed by atoms with Crippen LogP contribution < -0.4 is 0 Å². The quantitative estimate of drug-likeness (QED) is 0.798. The first kappa shape index (κ1) is 13.4. The number of para-hydroxylation sites is 1. The lowest BCUT2D eigenvalue weighted by Crippen LogP contribution is -2.02. The highest BCUT2D eigenvalue weighted by atomic mass is 35.5. The molecule has 0 bridgehead atoms. The van der Waals surface area contributed by atoms with E-state index in [1.807, 2.05) is 42.5 Å². The van der Waals surface area contributed by atoms with E-state index in [0.29, 0.717) is 10.7 Å². The molecular weight excluding hydrogens is 288 g/mol. The van der Waals surface area contributed by atoms with Crippen molar-refractivity contribution in [3.05, 3.63) is 71.4 Å². The summed E-state index contributed by atoms with van der Waals surface area (Å²) in [6, 6.07) is 18.2. The van der Waals surface area contributed by atoms with Gasteiger partial charge in [0.25, 0.3) is 0 Å². The van der Waals surface area contributed by atoms with Gasteiger partial charge in [-0.3, -0.25) is 0 Å². The lowest BCUT2D eigenvalue weighted by Gasteiger charge is -2.07. The molecule has 0 fully saturated rings. The Balaban J connectivity index is 2.21. The Labute approximate surface area is 126 Å². The standard InChI is InChI=1S/C16H11ClN2O2/c17-12-6-4-5-11(9-12)15-10-14(16(20)21)18-19(15)13-7-2-1-3-8-13/h1-10H,(H,20,21). The zero-order valence-electron chi connectivity index (χ0n) is 10.9. The normalized spacial score (nSPS) is 10.5. The molecule has 0 spiro atoms. The van der Waals surface area contributed by atoms with Crippen molar-refractivity contribution < 1.29 is 9.90 Å². The number of halogens is 1. The Morgan fingerprint density at radius 1 is 1.05 bits per heavy atom. The summed E-state index contributed by atoms with van der Waals surface area (Å²) < 4.78 is 1.61. The largest absolute Gasteiger partial charge is 0.476 e. The highest BCUT2D eigenvalue weighted by molar-refractivity contribution is 6.30. The summed E-state index contributed by atoms with van der Waals surface area (Å²) in [4.78, 5) is 11.2. The Morgan fingerprint density at radius 3 is 2.48 bits per heavy atom. The molecule has 3 aromatic rings. The van der Waals surface area contributed by atoms with Crippen LogP contribution in [0.3, 0.4) is 0 Å². The molecule has 0 aliphatic carbocycles. The van der Waals surface area contributed by atoms with Gasteiger partial charge in [-0.05, 0) is 30.3 Å². The molecule has 0 aliphatic heterocycles. The van der Waals surface area contributed by atoms with Crippen LogP contribution in [0.2, 0.25) is 5.02 Å². The van der Waals surface area contributed by atoms with E-state index in [1.54, 1.807) is 22.9 Å². The maximum absolute atomic E-state index is 11.2. The Hall–Kier alpha value is -2.59. The molecule has 0 unspecified atom stereocenters. The van der Waals surface area contributed by atoms with Crippen LogP contribution in [0, 0.1) is 0 Å². The molecule has 104 valence electrons. The number of carboxylic acid groups (broad SMARTS) is 1. The van der Waals surface area contributed by atoms with E-state index in [1.165, 1.54) is 0 Å². The van der Waals surface area contributed by atoms with Crippen molar-refractivity contribution in [2.24, 2.45) is 0 Å². The van der Waals surface area contributed by atoms with E-state index >= 15 is 0 Å². The predicted molar refractivity (Wildman–Crippen MR) is 81.0 cm³/mol. The first-order chi connectivity index (χ1) is 10.1. The van der Waals surface area contributed by atoms with Crippen molar-refractivity contribution in [2.75, 3.05) is 0 Å². The van der Waals surface area contributed by atoms with Gasteiger partial charge >= 0.3 is 5.97 Å². The molecule has 3 rings (SSSR count). The topological polar surface area (TPSA) is 55.1 Å². The number of nitrogens with zero attached hydrogens (tertiary/aromatic N) is 2. The van der Waals surface area contributed by atoms with Gasteiger partial charge in [0.05, 0.1) is 11.4 Å². The minimum atomic E-state index is -1.06. The zero-order chi connectivity index (χ0) is 14.8. The molecule has 0 atom stereocenters. The molecule has 5 heteroatoms. The Bertz CT molecular complexity index is 797. The molecule has 0 saturated heterocycles. The maximum atomic E-state index is 11.2. The molecule has 0 aliphatic rings. The molecule has 21 heavy (non-hydrogen) atoms. The van der Waals surface area contributed by atoms with Crippen LogP contribution in [0.1, 0.15) is 10.5 Å². The van der Waals surface area contributed by atoms with Crippen molar-refractivity contribution in [1.82, 2.24) is 9.78 Å².